The molecule has 13 heteroatoms. The lowest BCUT2D eigenvalue weighted by Gasteiger charge is -2.19. The Morgan fingerprint density at radius 1 is 1.30 bits per heavy atom. The van der Waals surface area contributed by atoms with Crippen molar-refractivity contribution in [3.8, 4) is 6.07 Å². The molecule has 1 fully saturated rings. The number of nitriles is 1. The highest BCUT2D eigenvalue weighted by atomic mass is 32.2. The van der Waals surface area contributed by atoms with Crippen molar-refractivity contribution in [2.24, 2.45) is 0 Å². The van der Waals surface area contributed by atoms with Crippen LogP contribution in [0.2, 0.25) is 0 Å². The number of hydrogen-bond acceptors (Lipinski definition) is 6. The zero-order valence-electron chi connectivity index (χ0n) is 17.7. The molecule has 2 amide bonds. The van der Waals surface area contributed by atoms with Crippen molar-refractivity contribution in [3.05, 3.63) is 47.8 Å². The minimum atomic E-state index is -3.37. The largest absolute Gasteiger partial charge is 0.343 e. The highest BCUT2D eigenvalue weighted by molar-refractivity contribution is 7.92. The van der Waals surface area contributed by atoms with Crippen LogP contribution in [-0.4, -0.2) is 65.7 Å². The highest BCUT2D eigenvalue weighted by Gasteiger charge is 2.47. The van der Waals surface area contributed by atoms with Gasteiger partial charge in [0.25, 0.3) is 11.8 Å². The predicted molar refractivity (Wildman–Crippen MR) is 114 cm³/mol. The molecule has 3 rings (SSSR count). The molecule has 0 radical (unpaired) electrons. The molecular formula is C20H22F2N6O4S. The fourth-order valence-electron chi connectivity index (χ4n) is 3.24. The monoisotopic (exact) mass is 480 g/mol. The van der Waals surface area contributed by atoms with Gasteiger partial charge in [-0.25, -0.2) is 17.2 Å². The number of likely N-dealkylation sites (tertiary alicyclic amines) is 1. The number of aromatic nitrogens is 2. The molecule has 2 aromatic rings. The van der Waals surface area contributed by atoms with E-state index >= 15 is 0 Å². The summed E-state index contributed by atoms with van der Waals surface area (Å²) in [6.45, 7) is 0.468. The van der Waals surface area contributed by atoms with Crippen LogP contribution in [0.25, 0.3) is 0 Å². The van der Waals surface area contributed by atoms with Gasteiger partial charge in [-0.1, -0.05) is 12.1 Å². The van der Waals surface area contributed by atoms with Gasteiger partial charge in [0.2, 0.25) is 15.9 Å². The Kier molecular flexibility index (Phi) is 6.97. The lowest BCUT2D eigenvalue weighted by atomic mass is 10.2. The molecular weight excluding hydrogens is 458 g/mol. The van der Waals surface area contributed by atoms with Crippen molar-refractivity contribution in [2.75, 3.05) is 23.6 Å². The molecule has 0 bridgehead atoms. The number of rotatable bonds is 8. The molecule has 176 valence electrons. The van der Waals surface area contributed by atoms with Crippen LogP contribution in [0.3, 0.4) is 0 Å². The maximum absolute atomic E-state index is 13.5. The summed E-state index contributed by atoms with van der Waals surface area (Å²) in [7, 11) is -3.37. The molecule has 10 nitrogen and oxygen atoms in total. The quantitative estimate of drug-likeness (QED) is 0.582. The van der Waals surface area contributed by atoms with E-state index < -0.39 is 53.3 Å². The number of nitrogens with zero attached hydrogens (tertiary/aromatic N) is 4. The number of anilines is 1. The summed E-state index contributed by atoms with van der Waals surface area (Å²) in [5, 5.41) is 15.4. The van der Waals surface area contributed by atoms with E-state index in [1.54, 1.807) is 30.3 Å². The summed E-state index contributed by atoms with van der Waals surface area (Å²) < 4.78 is 54.1. The van der Waals surface area contributed by atoms with Crippen LogP contribution < -0.4 is 10.0 Å². The van der Waals surface area contributed by atoms with Gasteiger partial charge in [0.15, 0.2) is 0 Å². The van der Waals surface area contributed by atoms with E-state index in [0.29, 0.717) is 12.2 Å². The number of alkyl halides is 2. The first kappa shape index (κ1) is 24.1. The number of sulfonamides is 1. The third kappa shape index (κ3) is 6.26. The van der Waals surface area contributed by atoms with Gasteiger partial charge in [-0.15, -0.1) is 0 Å². The average molecular weight is 480 g/mol. The molecule has 0 unspecified atom stereocenters. The zero-order chi connectivity index (χ0) is 24.2. The predicted octanol–water partition coefficient (Wildman–Crippen LogP) is 1.18. The van der Waals surface area contributed by atoms with Gasteiger partial charge < -0.3 is 10.2 Å². The first-order valence-electron chi connectivity index (χ1n) is 9.99. The lowest BCUT2D eigenvalue weighted by molar-refractivity contribution is -0.131. The van der Waals surface area contributed by atoms with E-state index in [1.807, 2.05) is 0 Å². The molecule has 1 saturated heterocycles. The van der Waals surface area contributed by atoms with Crippen LogP contribution >= 0.6 is 0 Å². The fourth-order valence-corrected chi connectivity index (χ4v) is 3.88. The second kappa shape index (κ2) is 9.53. The van der Waals surface area contributed by atoms with Crippen LogP contribution in [0.15, 0.2) is 36.7 Å². The summed E-state index contributed by atoms with van der Waals surface area (Å²) in [5.41, 5.74) is 1.40. The van der Waals surface area contributed by atoms with Gasteiger partial charge in [0.05, 0.1) is 43.2 Å². The summed E-state index contributed by atoms with van der Waals surface area (Å²) in [5.74, 6) is -4.54. The van der Waals surface area contributed by atoms with Gasteiger partial charge >= 0.3 is 0 Å². The molecule has 33 heavy (non-hydrogen) atoms. The van der Waals surface area contributed by atoms with E-state index in [9.17, 15) is 26.8 Å². The third-order valence-electron chi connectivity index (χ3n) is 4.99. The number of benzene rings is 1. The molecule has 1 aromatic carbocycles. The van der Waals surface area contributed by atoms with Gasteiger partial charge in [-0.3, -0.25) is 19.0 Å². The van der Waals surface area contributed by atoms with E-state index in [2.05, 4.69) is 15.1 Å². The second-order valence-corrected chi connectivity index (χ2v) is 9.55. The zero-order valence-corrected chi connectivity index (χ0v) is 18.5. The van der Waals surface area contributed by atoms with Crippen LogP contribution in [0, 0.1) is 11.3 Å². The van der Waals surface area contributed by atoms with Crippen LogP contribution in [0.5, 0.6) is 0 Å². The van der Waals surface area contributed by atoms with Gasteiger partial charge in [0.1, 0.15) is 6.04 Å². The van der Waals surface area contributed by atoms with Crippen LogP contribution in [0.1, 0.15) is 29.3 Å². The van der Waals surface area contributed by atoms with Crippen molar-refractivity contribution in [3.63, 3.8) is 0 Å². The minimum Gasteiger partial charge on any atom is -0.343 e. The Bertz CT molecular complexity index is 1170. The third-order valence-corrected chi connectivity index (χ3v) is 6.29. The fraction of sp³-hybridized carbons (Fsp3) is 0.400. The Labute approximate surface area is 189 Å². The Morgan fingerprint density at radius 3 is 2.64 bits per heavy atom. The minimum absolute atomic E-state index is 0.0398. The molecule has 0 aliphatic carbocycles. The Balaban J connectivity index is 1.54. The Morgan fingerprint density at radius 2 is 2.00 bits per heavy atom. The van der Waals surface area contributed by atoms with Crippen molar-refractivity contribution in [1.82, 2.24) is 20.0 Å². The van der Waals surface area contributed by atoms with E-state index in [0.717, 1.165) is 10.5 Å². The first-order valence-corrected chi connectivity index (χ1v) is 11.6. The lowest BCUT2D eigenvalue weighted by Crippen LogP contribution is -2.42. The second-order valence-electron chi connectivity index (χ2n) is 7.54. The van der Waals surface area contributed by atoms with E-state index in [-0.39, 0.29) is 11.3 Å². The topological polar surface area (TPSA) is 137 Å². The molecule has 1 aliphatic heterocycles. The standard InChI is InChI=1S/C20H22F2N6O4S/c1-2-33(31,32)26-16-5-3-14(4-6-16)11-27-12-15(9-25-27)19(30)24-10-18(29)28-13-20(21,22)7-17(28)8-23/h3-6,9,12,17,26H,2,7,10-11,13H2,1H3,(H,24,30)/t17-/m0/s1. The summed E-state index contributed by atoms with van der Waals surface area (Å²) in [6.07, 6.45) is 2.03. The number of carbonyl (C=O) groups is 2. The maximum atomic E-state index is 13.5. The summed E-state index contributed by atoms with van der Waals surface area (Å²) >= 11 is 0. The van der Waals surface area contributed by atoms with Gasteiger partial charge in [0, 0.05) is 18.3 Å². The highest BCUT2D eigenvalue weighted by Crippen LogP contribution is 2.31. The number of amides is 2. The smallest absolute Gasteiger partial charge is 0.268 e. The number of hydrogen-bond donors (Lipinski definition) is 2. The van der Waals surface area contributed by atoms with Gasteiger partial charge in [-0.05, 0) is 24.6 Å². The Hall–Kier alpha value is -3.53. The van der Waals surface area contributed by atoms with Crippen molar-refractivity contribution < 1.29 is 26.8 Å². The summed E-state index contributed by atoms with van der Waals surface area (Å²) in [6, 6.07) is 7.11. The normalized spacial score (nSPS) is 17.4. The van der Waals surface area contributed by atoms with Crippen molar-refractivity contribution in [2.45, 2.75) is 31.9 Å². The number of nitrogens with one attached hydrogen (secondary N) is 2. The van der Waals surface area contributed by atoms with Crippen molar-refractivity contribution in [1.29, 1.82) is 5.26 Å². The van der Waals surface area contributed by atoms with Crippen LogP contribution in [0.4, 0.5) is 14.5 Å². The average Bonchev–Trinajstić information content (AvgIpc) is 3.36. The SMILES string of the molecule is CCS(=O)(=O)Nc1ccc(Cn2cc(C(=O)NCC(=O)N3CC(F)(F)C[C@H]3C#N)cn2)cc1. The van der Waals surface area contributed by atoms with Crippen molar-refractivity contribution >= 4 is 27.5 Å². The molecule has 2 heterocycles. The molecule has 0 spiro atoms. The van der Waals surface area contributed by atoms with E-state index in [1.165, 1.54) is 24.0 Å². The number of halogens is 2. The van der Waals surface area contributed by atoms with E-state index in [4.69, 9.17) is 5.26 Å². The van der Waals surface area contributed by atoms with Gasteiger partial charge in [-0.2, -0.15) is 10.4 Å². The molecule has 2 N–H and O–H groups in total. The molecule has 1 aromatic heterocycles. The summed E-state index contributed by atoms with van der Waals surface area (Å²) in [4.78, 5) is 25.3. The number of carbonyl (C=O) groups excluding carboxylic acids is 2. The molecule has 1 aliphatic rings. The molecule has 0 saturated carbocycles. The van der Waals surface area contributed by atoms with Crippen LogP contribution in [-0.2, 0) is 21.4 Å². The first-order chi connectivity index (χ1) is 15.5. The molecule has 1 atom stereocenters. The maximum Gasteiger partial charge on any atom is 0.268 e.